The molecule has 1 aromatic rings. The highest BCUT2D eigenvalue weighted by Gasteiger charge is 2.27. The first-order valence-electron chi connectivity index (χ1n) is 5.95. The SMILES string of the molecule is CC(C)(C)CC1CNc2ncccc2NC1=O. The molecule has 1 amide bonds. The smallest absolute Gasteiger partial charge is 0.229 e. The molecule has 0 aliphatic carbocycles. The highest BCUT2D eigenvalue weighted by Crippen LogP contribution is 2.29. The Labute approximate surface area is 102 Å². The number of anilines is 2. The molecule has 2 heterocycles. The van der Waals surface area contributed by atoms with Gasteiger partial charge in [-0.25, -0.2) is 4.98 Å². The van der Waals surface area contributed by atoms with Gasteiger partial charge in [-0.05, 0) is 24.0 Å². The Balaban J connectivity index is 2.15. The standard InChI is InChI=1S/C13H19N3O/c1-13(2,3)7-9-8-15-11-10(16-12(9)17)5-4-6-14-11/h4-6,9H,7-8H2,1-3H3,(H,14,15)(H,16,17). The van der Waals surface area contributed by atoms with Crippen LogP contribution in [0.3, 0.4) is 0 Å². The van der Waals surface area contributed by atoms with E-state index in [1.165, 1.54) is 0 Å². The monoisotopic (exact) mass is 233 g/mol. The molecule has 0 spiro atoms. The van der Waals surface area contributed by atoms with Gasteiger partial charge in [-0.15, -0.1) is 0 Å². The first kappa shape index (κ1) is 11.9. The number of carbonyl (C=O) groups excluding carboxylic acids is 1. The van der Waals surface area contributed by atoms with E-state index in [0.29, 0.717) is 6.54 Å². The second kappa shape index (κ2) is 4.35. The van der Waals surface area contributed by atoms with Crippen molar-refractivity contribution in [3.05, 3.63) is 18.3 Å². The molecule has 4 heteroatoms. The summed E-state index contributed by atoms with van der Waals surface area (Å²) in [5, 5.41) is 6.16. The topological polar surface area (TPSA) is 54.0 Å². The van der Waals surface area contributed by atoms with Crippen LogP contribution in [0.5, 0.6) is 0 Å². The third kappa shape index (κ3) is 2.96. The van der Waals surface area contributed by atoms with Gasteiger partial charge < -0.3 is 10.6 Å². The maximum absolute atomic E-state index is 12.1. The molecule has 0 aromatic carbocycles. The molecule has 0 saturated carbocycles. The number of hydrogen-bond donors (Lipinski definition) is 2. The first-order chi connectivity index (χ1) is 7.96. The normalized spacial score (nSPS) is 19.9. The summed E-state index contributed by atoms with van der Waals surface area (Å²) < 4.78 is 0. The number of fused-ring (bicyclic) bond motifs is 1. The molecule has 0 radical (unpaired) electrons. The Bertz CT molecular complexity index is 423. The number of amides is 1. The average Bonchev–Trinajstić information content (AvgIpc) is 2.37. The van der Waals surface area contributed by atoms with Gasteiger partial charge in [-0.1, -0.05) is 20.8 Å². The summed E-state index contributed by atoms with van der Waals surface area (Å²) in [6, 6.07) is 3.69. The summed E-state index contributed by atoms with van der Waals surface area (Å²) in [6.07, 6.45) is 2.59. The van der Waals surface area contributed by atoms with E-state index in [1.54, 1.807) is 6.20 Å². The number of aromatic nitrogens is 1. The van der Waals surface area contributed by atoms with Gasteiger partial charge in [0.2, 0.25) is 5.91 Å². The van der Waals surface area contributed by atoms with Crippen LogP contribution in [0.4, 0.5) is 11.5 Å². The Morgan fingerprint density at radius 1 is 1.47 bits per heavy atom. The summed E-state index contributed by atoms with van der Waals surface area (Å²) >= 11 is 0. The molecular formula is C13H19N3O. The number of hydrogen-bond acceptors (Lipinski definition) is 3. The minimum atomic E-state index is -0.0100. The highest BCUT2D eigenvalue weighted by molar-refractivity contribution is 5.96. The Hall–Kier alpha value is -1.58. The molecule has 92 valence electrons. The number of nitrogens with one attached hydrogen (secondary N) is 2. The molecule has 1 unspecified atom stereocenters. The molecule has 1 atom stereocenters. The number of rotatable bonds is 1. The molecule has 1 aliphatic heterocycles. The van der Waals surface area contributed by atoms with Crippen molar-refractivity contribution in [1.29, 1.82) is 0 Å². The Kier molecular flexibility index (Phi) is 3.05. The largest absolute Gasteiger partial charge is 0.368 e. The molecule has 0 saturated heterocycles. The lowest BCUT2D eigenvalue weighted by molar-refractivity contribution is -0.120. The van der Waals surface area contributed by atoms with E-state index >= 15 is 0 Å². The zero-order valence-electron chi connectivity index (χ0n) is 10.6. The van der Waals surface area contributed by atoms with Crippen LogP contribution in [-0.2, 0) is 4.79 Å². The Morgan fingerprint density at radius 3 is 2.94 bits per heavy atom. The van der Waals surface area contributed by atoms with E-state index in [2.05, 4.69) is 36.4 Å². The minimum Gasteiger partial charge on any atom is -0.368 e. The van der Waals surface area contributed by atoms with Crippen LogP contribution in [0.25, 0.3) is 0 Å². The lowest BCUT2D eigenvalue weighted by atomic mass is 9.84. The molecular weight excluding hydrogens is 214 g/mol. The molecule has 0 bridgehead atoms. The van der Waals surface area contributed by atoms with E-state index in [1.807, 2.05) is 12.1 Å². The van der Waals surface area contributed by atoms with Crippen molar-refractivity contribution in [2.75, 3.05) is 17.2 Å². The van der Waals surface area contributed by atoms with Gasteiger partial charge in [0, 0.05) is 12.7 Å². The van der Waals surface area contributed by atoms with Gasteiger partial charge in [0.15, 0.2) is 0 Å². The van der Waals surface area contributed by atoms with E-state index in [0.717, 1.165) is 17.9 Å². The maximum Gasteiger partial charge on any atom is 0.229 e. The van der Waals surface area contributed by atoms with Crippen molar-refractivity contribution in [1.82, 2.24) is 4.98 Å². The van der Waals surface area contributed by atoms with E-state index < -0.39 is 0 Å². The van der Waals surface area contributed by atoms with Gasteiger partial charge in [0.05, 0.1) is 11.6 Å². The molecule has 1 aliphatic rings. The van der Waals surface area contributed by atoms with Crippen molar-refractivity contribution < 1.29 is 4.79 Å². The second-order valence-corrected chi connectivity index (χ2v) is 5.73. The maximum atomic E-state index is 12.1. The lowest BCUT2D eigenvalue weighted by Gasteiger charge is -2.23. The van der Waals surface area contributed by atoms with Crippen molar-refractivity contribution in [2.45, 2.75) is 27.2 Å². The predicted octanol–water partition coefficient (Wildman–Crippen LogP) is 2.50. The fourth-order valence-electron chi connectivity index (χ4n) is 2.10. The fourth-order valence-corrected chi connectivity index (χ4v) is 2.10. The molecule has 1 aromatic heterocycles. The summed E-state index contributed by atoms with van der Waals surface area (Å²) in [7, 11) is 0. The third-order valence-corrected chi connectivity index (χ3v) is 2.81. The first-order valence-corrected chi connectivity index (χ1v) is 5.95. The highest BCUT2D eigenvalue weighted by atomic mass is 16.1. The molecule has 17 heavy (non-hydrogen) atoms. The molecule has 2 N–H and O–H groups in total. The van der Waals surface area contributed by atoms with Gasteiger partial charge in [-0.3, -0.25) is 4.79 Å². The van der Waals surface area contributed by atoms with Crippen molar-refractivity contribution in [3.63, 3.8) is 0 Å². The summed E-state index contributed by atoms with van der Waals surface area (Å²) in [6.45, 7) is 7.09. The number of carbonyl (C=O) groups is 1. The van der Waals surface area contributed by atoms with Crippen LogP contribution in [0.15, 0.2) is 18.3 Å². The zero-order chi connectivity index (χ0) is 12.5. The molecule has 4 nitrogen and oxygen atoms in total. The van der Waals surface area contributed by atoms with Gasteiger partial charge in [0.25, 0.3) is 0 Å². The van der Waals surface area contributed by atoms with Crippen molar-refractivity contribution >= 4 is 17.4 Å². The Morgan fingerprint density at radius 2 is 2.24 bits per heavy atom. The lowest BCUT2D eigenvalue weighted by Crippen LogP contribution is -2.29. The van der Waals surface area contributed by atoms with E-state index in [9.17, 15) is 4.79 Å². The number of pyridine rings is 1. The van der Waals surface area contributed by atoms with E-state index in [-0.39, 0.29) is 17.2 Å². The van der Waals surface area contributed by atoms with Crippen LogP contribution >= 0.6 is 0 Å². The van der Waals surface area contributed by atoms with Crippen LogP contribution in [-0.4, -0.2) is 17.4 Å². The van der Waals surface area contributed by atoms with Crippen LogP contribution in [0, 0.1) is 11.3 Å². The van der Waals surface area contributed by atoms with E-state index in [4.69, 9.17) is 0 Å². The zero-order valence-corrected chi connectivity index (χ0v) is 10.6. The van der Waals surface area contributed by atoms with Crippen LogP contribution in [0.1, 0.15) is 27.2 Å². The summed E-state index contributed by atoms with van der Waals surface area (Å²) in [5.74, 6) is 0.834. The minimum absolute atomic E-state index is 0.0100. The summed E-state index contributed by atoms with van der Waals surface area (Å²) in [5.41, 5.74) is 0.919. The van der Waals surface area contributed by atoms with Gasteiger partial charge >= 0.3 is 0 Å². The molecule has 2 rings (SSSR count). The van der Waals surface area contributed by atoms with Crippen LogP contribution in [0.2, 0.25) is 0 Å². The van der Waals surface area contributed by atoms with Crippen LogP contribution < -0.4 is 10.6 Å². The number of nitrogens with zero attached hydrogens (tertiary/aromatic N) is 1. The predicted molar refractivity (Wildman–Crippen MR) is 68.9 cm³/mol. The van der Waals surface area contributed by atoms with Gasteiger partial charge in [0.1, 0.15) is 5.82 Å². The fraction of sp³-hybridized carbons (Fsp3) is 0.538. The molecule has 0 fully saturated rings. The van der Waals surface area contributed by atoms with Gasteiger partial charge in [-0.2, -0.15) is 0 Å². The average molecular weight is 233 g/mol. The third-order valence-electron chi connectivity index (χ3n) is 2.81. The second-order valence-electron chi connectivity index (χ2n) is 5.73. The van der Waals surface area contributed by atoms with Crippen molar-refractivity contribution in [2.24, 2.45) is 11.3 Å². The van der Waals surface area contributed by atoms with Crippen molar-refractivity contribution in [3.8, 4) is 0 Å². The quantitative estimate of drug-likeness (QED) is 0.783. The summed E-state index contributed by atoms with van der Waals surface area (Å²) in [4.78, 5) is 16.3.